The number of anilines is 1. The summed E-state index contributed by atoms with van der Waals surface area (Å²) in [4.78, 5) is 11.9. The summed E-state index contributed by atoms with van der Waals surface area (Å²) in [6.07, 6.45) is 2.98. The Bertz CT molecular complexity index is 508. The highest BCUT2D eigenvalue weighted by Gasteiger charge is 2.21. The van der Waals surface area contributed by atoms with E-state index in [9.17, 15) is 18.7 Å². The number of hydrogen-bond acceptors (Lipinski definition) is 3. The largest absolute Gasteiger partial charge is 0.398 e. The van der Waals surface area contributed by atoms with Crippen LogP contribution >= 0.6 is 0 Å². The molecule has 0 saturated heterocycles. The zero-order chi connectivity index (χ0) is 14.7. The van der Waals surface area contributed by atoms with Crippen molar-refractivity contribution in [2.75, 3.05) is 12.3 Å². The minimum Gasteiger partial charge on any atom is -0.398 e. The van der Waals surface area contributed by atoms with Crippen LogP contribution in [0, 0.1) is 17.6 Å². The molecule has 1 aliphatic rings. The molecule has 110 valence electrons. The van der Waals surface area contributed by atoms with Crippen LogP contribution in [-0.2, 0) is 0 Å². The minimum atomic E-state index is -1.10. The third-order valence-corrected chi connectivity index (χ3v) is 3.64. The van der Waals surface area contributed by atoms with Crippen molar-refractivity contribution >= 4 is 11.6 Å². The Morgan fingerprint density at radius 1 is 1.35 bits per heavy atom. The predicted molar refractivity (Wildman–Crippen MR) is 71.1 cm³/mol. The number of aliphatic hydroxyl groups excluding tert-OH is 1. The van der Waals surface area contributed by atoms with Crippen LogP contribution in [0.3, 0.4) is 0 Å². The maximum Gasteiger partial charge on any atom is 0.253 e. The quantitative estimate of drug-likeness (QED) is 0.741. The monoisotopic (exact) mass is 284 g/mol. The summed E-state index contributed by atoms with van der Waals surface area (Å²) < 4.78 is 26.1. The first kappa shape index (κ1) is 14.7. The number of carbonyl (C=O) groups is 1. The number of carbonyl (C=O) groups excluding carboxylic acids is 1. The van der Waals surface area contributed by atoms with Crippen molar-refractivity contribution in [2.45, 2.75) is 31.8 Å². The first-order valence-electron chi connectivity index (χ1n) is 6.68. The van der Waals surface area contributed by atoms with Crippen LogP contribution in [0.25, 0.3) is 0 Å². The summed E-state index contributed by atoms with van der Waals surface area (Å²) in [5, 5.41) is 12.2. The van der Waals surface area contributed by atoms with E-state index in [2.05, 4.69) is 5.32 Å². The first-order valence-corrected chi connectivity index (χ1v) is 6.68. The molecule has 20 heavy (non-hydrogen) atoms. The van der Waals surface area contributed by atoms with Gasteiger partial charge in [-0.15, -0.1) is 0 Å². The molecule has 2 atom stereocenters. The molecule has 0 radical (unpaired) electrons. The van der Waals surface area contributed by atoms with Gasteiger partial charge >= 0.3 is 0 Å². The number of nitrogens with one attached hydrogen (secondary N) is 1. The number of halogens is 2. The van der Waals surface area contributed by atoms with Gasteiger partial charge in [-0.25, -0.2) is 8.78 Å². The summed E-state index contributed by atoms with van der Waals surface area (Å²) in [7, 11) is 0. The lowest BCUT2D eigenvalue weighted by atomic mass is 9.87. The Morgan fingerprint density at radius 3 is 2.75 bits per heavy atom. The van der Waals surface area contributed by atoms with Crippen molar-refractivity contribution in [1.29, 1.82) is 0 Å². The van der Waals surface area contributed by atoms with Gasteiger partial charge in [0.15, 0.2) is 11.6 Å². The number of hydrogen-bond donors (Lipinski definition) is 3. The van der Waals surface area contributed by atoms with Crippen LogP contribution in [0.15, 0.2) is 12.1 Å². The van der Waals surface area contributed by atoms with Crippen LogP contribution in [0.2, 0.25) is 0 Å². The fraction of sp³-hybridized carbons (Fsp3) is 0.500. The van der Waals surface area contributed by atoms with E-state index in [1.165, 1.54) is 0 Å². The minimum absolute atomic E-state index is 0.0692. The Hall–Kier alpha value is -1.69. The summed E-state index contributed by atoms with van der Waals surface area (Å²) in [5.41, 5.74) is 5.35. The van der Waals surface area contributed by atoms with Gasteiger partial charge in [0.05, 0.1) is 11.7 Å². The summed E-state index contributed by atoms with van der Waals surface area (Å²) in [6.45, 7) is 0.397. The number of benzene rings is 1. The molecule has 2 unspecified atom stereocenters. The zero-order valence-electron chi connectivity index (χ0n) is 11.0. The lowest BCUT2D eigenvalue weighted by Crippen LogP contribution is -2.33. The van der Waals surface area contributed by atoms with Crippen LogP contribution in [0.1, 0.15) is 36.0 Å². The van der Waals surface area contributed by atoms with Crippen molar-refractivity contribution in [3.8, 4) is 0 Å². The van der Waals surface area contributed by atoms with E-state index >= 15 is 0 Å². The van der Waals surface area contributed by atoms with Gasteiger partial charge in [0, 0.05) is 18.3 Å². The van der Waals surface area contributed by atoms with Gasteiger partial charge in [0.2, 0.25) is 0 Å². The standard InChI is InChI=1S/C14H18F2N2O2/c15-11-5-10(13(17)6-12(11)16)14(20)18-7-8-2-1-3-9(19)4-8/h5-6,8-9,19H,1-4,7,17H2,(H,18,20). The molecule has 1 amide bonds. The van der Waals surface area contributed by atoms with E-state index in [4.69, 9.17) is 5.73 Å². The third kappa shape index (κ3) is 3.45. The Labute approximate surface area is 116 Å². The second-order valence-corrected chi connectivity index (χ2v) is 5.25. The highest BCUT2D eigenvalue weighted by Crippen LogP contribution is 2.24. The van der Waals surface area contributed by atoms with Crippen LogP contribution in [-0.4, -0.2) is 23.7 Å². The van der Waals surface area contributed by atoms with Crippen molar-refractivity contribution in [3.05, 3.63) is 29.3 Å². The maximum absolute atomic E-state index is 13.1. The van der Waals surface area contributed by atoms with Crippen molar-refractivity contribution in [3.63, 3.8) is 0 Å². The SMILES string of the molecule is Nc1cc(F)c(F)cc1C(=O)NCC1CCCC(O)C1. The fourth-order valence-corrected chi connectivity index (χ4v) is 2.54. The molecule has 6 heteroatoms. The summed E-state index contributed by atoms with van der Waals surface area (Å²) in [6, 6.07) is 1.60. The zero-order valence-corrected chi connectivity index (χ0v) is 11.0. The van der Waals surface area contributed by atoms with Crippen molar-refractivity contribution < 1.29 is 18.7 Å². The first-order chi connectivity index (χ1) is 9.47. The topological polar surface area (TPSA) is 75.4 Å². The second-order valence-electron chi connectivity index (χ2n) is 5.25. The van der Waals surface area contributed by atoms with Crippen LogP contribution in [0.5, 0.6) is 0 Å². The molecule has 0 bridgehead atoms. The number of nitrogens with two attached hydrogens (primary N) is 1. The average molecular weight is 284 g/mol. The molecule has 4 N–H and O–H groups in total. The molecular weight excluding hydrogens is 266 g/mol. The molecule has 1 aromatic rings. The molecule has 4 nitrogen and oxygen atoms in total. The highest BCUT2D eigenvalue weighted by atomic mass is 19.2. The van der Waals surface area contributed by atoms with Gasteiger partial charge in [-0.3, -0.25) is 4.79 Å². The van der Waals surface area contributed by atoms with E-state index in [1.54, 1.807) is 0 Å². The normalized spacial score (nSPS) is 22.6. The van der Waals surface area contributed by atoms with Crippen LogP contribution < -0.4 is 11.1 Å². The molecule has 0 spiro atoms. The molecule has 0 heterocycles. The fourth-order valence-electron chi connectivity index (χ4n) is 2.54. The van der Waals surface area contributed by atoms with Crippen molar-refractivity contribution in [2.24, 2.45) is 5.92 Å². The molecule has 1 saturated carbocycles. The lowest BCUT2D eigenvalue weighted by Gasteiger charge is -2.25. The van der Waals surface area contributed by atoms with Gasteiger partial charge in [0.1, 0.15) is 0 Å². The van der Waals surface area contributed by atoms with E-state index in [0.717, 1.165) is 31.4 Å². The van der Waals surface area contributed by atoms with E-state index in [0.29, 0.717) is 13.0 Å². The summed E-state index contributed by atoms with van der Waals surface area (Å²) in [5.74, 6) is -2.50. The Balaban J connectivity index is 1.96. The third-order valence-electron chi connectivity index (χ3n) is 3.64. The average Bonchev–Trinajstić information content (AvgIpc) is 2.40. The number of nitrogen functional groups attached to an aromatic ring is 1. The maximum atomic E-state index is 13.1. The highest BCUT2D eigenvalue weighted by molar-refractivity contribution is 5.99. The van der Waals surface area contributed by atoms with E-state index in [-0.39, 0.29) is 23.3 Å². The number of aliphatic hydroxyl groups is 1. The Kier molecular flexibility index (Phi) is 4.54. The molecule has 1 fully saturated rings. The number of rotatable bonds is 3. The molecule has 2 rings (SSSR count). The van der Waals surface area contributed by atoms with Gasteiger partial charge < -0.3 is 16.2 Å². The molecule has 0 aliphatic heterocycles. The van der Waals surface area contributed by atoms with Gasteiger partial charge in [-0.2, -0.15) is 0 Å². The van der Waals surface area contributed by atoms with Crippen LogP contribution in [0.4, 0.5) is 14.5 Å². The van der Waals surface area contributed by atoms with Gasteiger partial charge in [0.25, 0.3) is 5.91 Å². The molecule has 0 aromatic heterocycles. The summed E-state index contributed by atoms with van der Waals surface area (Å²) >= 11 is 0. The molecule has 1 aromatic carbocycles. The lowest BCUT2D eigenvalue weighted by molar-refractivity contribution is 0.0874. The second kappa shape index (κ2) is 6.17. The number of amides is 1. The molecular formula is C14H18F2N2O2. The van der Waals surface area contributed by atoms with E-state index < -0.39 is 17.5 Å². The Morgan fingerprint density at radius 2 is 2.05 bits per heavy atom. The smallest absolute Gasteiger partial charge is 0.253 e. The van der Waals surface area contributed by atoms with Gasteiger partial charge in [-0.05, 0) is 31.2 Å². The predicted octanol–water partition coefficient (Wildman–Crippen LogP) is 1.83. The van der Waals surface area contributed by atoms with E-state index in [1.807, 2.05) is 0 Å². The molecule has 1 aliphatic carbocycles. The van der Waals surface area contributed by atoms with Gasteiger partial charge in [-0.1, -0.05) is 6.42 Å². The van der Waals surface area contributed by atoms with Crippen molar-refractivity contribution in [1.82, 2.24) is 5.32 Å².